The number of phenolic OH excluding ortho intramolecular Hbond substituents is 1. The number of hydrogen-bond donors (Lipinski definition) is 4. The fraction of sp³-hybridized carbons (Fsp3) is 0.455. The fourth-order valence-corrected chi connectivity index (χ4v) is 3.52. The number of carbonyl (C=O) groups excluding carboxylic acids is 5. The molecule has 37 heavy (non-hydrogen) atoms. The van der Waals surface area contributed by atoms with E-state index < -0.39 is 67.0 Å². The highest BCUT2D eigenvalue weighted by Gasteiger charge is 2.52. The molecule has 1 heterocycles. The monoisotopic (exact) mass is 541 g/mol. The molecule has 14 nitrogen and oxygen atoms in total. The van der Waals surface area contributed by atoms with Gasteiger partial charge in [-0.2, -0.15) is 0 Å². The highest BCUT2D eigenvalue weighted by atomic mass is 32.1. The molecule has 1 amide bonds. The topological polar surface area (TPSA) is 188 Å². The van der Waals surface area contributed by atoms with E-state index in [9.17, 15) is 29.1 Å². The molecule has 1 saturated heterocycles. The SMILES string of the molecule is CC(=O)OC[C@H]1O[C@H](NC(=S)NNC(=O)c2ccccc2O)[C@@H](OC(C)=O)[C@@H](OC(C)=O)[C@H]1OC(C)=O. The maximum atomic E-state index is 12.3. The van der Waals surface area contributed by atoms with E-state index >= 15 is 0 Å². The summed E-state index contributed by atoms with van der Waals surface area (Å²) in [7, 11) is 0. The Morgan fingerprint density at radius 1 is 0.865 bits per heavy atom. The van der Waals surface area contributed by atoms with Crippen LogP contribution in [0.2, 0.25) is 0 Å². The number of hydrogen-bond acceptors (Lipinski definition) is 12. The molecule has 202 valence electrons. The van der Waals surface area contributed by atoms with Crippen LogP contribution in [-0.4, -0.2) is 77.3 Å². The number of aromatic hydroxyl groups is 1. The van der Waals surface area contributed by atoms with E-state index in [0.29, 0.717) is 0 Å². The molecule has 1 aromatic carbocycles. The smallest absolute Gasteiger partial charge is 0.303 e. The number of carbonyl (C=O) groups is 5. The van der Waals surface area contributed by atoms with E-state index in [4.69, 9.17) is 35.9 Å². The number of para-hydroxylation sites is 1. The molecule has 4 N–H and O–H groups in total. The first kappa shape index (κ1) is 29.3. The summed E-state index contributed by atoms with van der Waals surface area (Å²) < 4.78 is 26.7. The van der Waals surface area contributed by atoms with Crippen LogP contribution in [0.1, 0.15) is 38.1 Å². The maximum Gasteiger partial charge on any atom is 0.303 e. The minimum Gasteiger partial charge on any atom is -0.507 e. The van der Waals surface area contributed by atoms with Crippen LogP contribution in [0.4, 0.5) is 0 Å². The summed E-state index contributed by atoms with van der Waals surface area (Å²) in [6, 6.07) is 5.78. The number of hydrazine groups is 1. The summed E-state index contributed by atoms with van der Waals surface area (Å²) in [5, 5.41) is 12.2. The number of rotatable bonds is 7. The van der Waals surface area contributed by atoms with Gasteiger partial charge >= 0.3 is 23.9 Å². The Morgan fingerprint density at radius 3 is 2.00 bits per heavy atom. The molecule has 0 aliphatic carbocycles. The summed E-state index contributed by atoms with van der Waals surface area (Å²) in [4.78, 5) is 59.2. The van der Waals surface area contributed by atoms with Gasteiger partial charge in [-0.25, -0.2) is 0 Å². The van der Waals surface area contributed by atoms with E-state index in [2.05, 4.69) is 16.2 Å². The molecule has 0 spiro atoms. The van der Waals surface area contributed by atoms with Crippen molar-refractivity contribution in [2.45, 2.75) is 58.3 Å². The maximum absolute atomic E-state index is 12.3. The van der Waals surface area contributed by atoms with Gasteiger partial charge in [0, 0.05) is 27.7 Å². The summed E-state index contributed by atoms with van der Waals surface area (Å²) in [6.07, 6.45) is -6.63. The number of ether oxygens (including phenoxy) is 5. The number of benzene rings is 1. The van der Waals surface area contributed by atoms with Gasteiger partial charge in [0.05, 0.1) is 5.56 Å². The summed E-state index contributed by atoms with van der Waals surface area (Å²) >= 11 is 5.17. The average Bonchev–Trinajstić information content (AvgIpc) is 2.79. The molecular formula is C22H27N3O11S. The molecule has 1 aliphatic heterocycles. The van der Waals surface area contributed by atoms with Crippen molar-refractivity contribution in [3.05, 3.63) is 29.8 Å². The van der Waals surface area contributed by atoms with Gasteiger partial charge in [0.15, 0.2) is 29.7 Å². The van der Waals surface area contributed by atoms with E-state index in [-0.39, 0.29) is 16.4 Å². The zero-order valence-electron chi connectivity index (χ0n) is 20.3. The molecule has 2 rings (SSSR count). The third kappa shape index (κ3) is 8.88. The van der Waals surface area contributed by atoms with Gasteiger partial charge in [-0.05, 0) is 24.4 Å². The number of nitrogens with one attached hydrogen (secondary N) is 3. The number of esters is 4. The molecule has 1 fully saturated rings. The molecule has 5 atom stereocenters. The van der Waals surface area contributed by atoms with Crippen molar-refractivity contribution < 1.29 is 52.8 Å². The summed E-state index contributed by atoms with van der Waals surface area (Å²) in [5.74, 6) is -3.99. The highest BCUT2D eigenvalue weighted by molar-refractivity contribution is 7.80. The quantitative estimate of drug-likeness (QED) is 0.151. The minimum atomic E-state index is -1.40. The second-order valence-electron chi connectivity index (χ2n) is 7.69. The zero-order valence-corrected chi connectivity index (χ0v) is 21.2. The second kappa shape index (κ2) is 13.4. The van der Waals surface area contributed by atoms with Crippen LogP contribution in [0.15, 0.2) is 24.3 Å². The normalized spacial score (nSPS) is 22.5. The van der Waals surface area contributed by atoms with Crippen molar-refractivity contribution in [2.75, 3.05) is 6.61 Å². The Balaban J connectivity index is 2.27. The van der Waals surface area contributed by atoms with Gasteiger partial charge in [0.1, 0.15) is 18.5 Å². The Morgan fingerprint density at radius 2 is 1.43 bits per heavy atom. The average molecular weight is 542 g/mol. The first-order chi connectivity index (χ1) is 17.4. The lowest BCUT2D eigenvalue weighted by Crippen LogP contribution is -2.67. The fourth-order valence-electron chi connectivity index (χ4n) is 3.36. The molecule has 0 aromatic heterocycles. The van der Waals surface area contributed by atoms with Crippen LogP contribution in [0.5, 0.6) is 5.75 Å². The van der Waals surface area contributed by atoms with E-state index in [1.165, 1.54) is 18.2 Å². The Kier molecular flexibility index (Phi) is 10.6. The van der Waals surface area contributed by atoms with Crippen LogP contribution in [0.25, 0.3) is 0 Å². The standard InChI is InChI=1S/C22H27N3O11S/c1-10(26)32-9-16-17(33-11(2)27)18(34-12(3)28)19(35-13(4)29)21(36-16)23-22(37)25-24-20(31)14-7-5-6-8-15(14)30/h5-8,16-19,21,30H,9H2,1-4H3,(H,24,31)(H2,23,25,37)/t16-,17+,18+,19+,21+/m1/s1. The van der Waals surface area contributed by atoms with Gasteiger partial charge in [0.25, 0.3) is 5.91 Å². The molecule has 15 heteroatoms. The molecule has 1 aliphatic rings. The zero-order chi connectivity index (χ0) is 27.7. The largest absolute Gasteiger partial charge is 0.507 e. The van der Waals surface area contributed by atoms with E-state index in [0.717, 1.165) is 27.7 Å². The lowest BCUT2D eigenvalue weighted by Gasteiger charge is -2.44. The molecule has 0 saturated carbocycles. The first-order valence-corrected chi connectivity index (χ1v) is 11.2. The van der Waals surface area contributed by atoms with Crippen molar-refractivity contribution >= 4 is 47.1 Å². The van der Waals surface area contributed by atoms with Crippen LogP contribution in [0, 0.1) is 0 Å². The van der Waals surface area contributed by atoms with Gasteiger partial charge < -0.3 is 34.1 Å². The third-order valence-corrected chi connectivity index (χ3v) is 4.92. The van der Waals surface area contributed by atoms with Gasteiger partial charge in [0.2, 0.25) is 0 Å². The molecule has 1 aromatic rings. The number of phenols is 1. The molecule has 0 unspecified atom stereocenters. The third-order valence-electron chi connectivity index (χ3n) is 4.70. The predicted molar refractivity (Wildman–Crippen MR) is 126 cm³/mol. The first-order valence-electron chi connectivity index (χ1n) is 10.8. The Labute approximate surface area is 216 Å². The second-order valence-corrected chi connectivity index (χ2v) is 8.10. The summed E-state index contributed by atoms with van der Waals surface area (Å²) in [6.45, 7) is 4.02. The van der Waals surface area contributed by atoms with Crippen molar-refractivity contribution in [1.29, 1.82) is 0 Å². The molecule has 0 radical (unpaired) electrons. The Hall–Kier alpha value is -3.98. The molecular weight excluding hydrogens is 514 g/mol. The van der Waals surface area contributed by atoms with Crippen molar-refractivity contribution in [2.24, 2.45) is 0 Å². The lowest BCUT2D eigenvalue weighted by molar-refractivity contribution is -0.254. The van der Waals surface area contributed by atoms with Gasteiger partial charge in [-0.15, -0.1) is 0 Å². The van der Waals surface area contributed by atoms with Crippen LogP contribution < -0.4 is 16.2 Å². The van der Waals surface area contributed by atoms with Crippen molar-refractivity contribution in [3.8, 4) is 5.75 Å². The van der Waals surface area contributed by atoms with Crippen LogP contribution in [-0.2, 0) is 42.9 Å². The van der Waals surface area contributed by atoms with Crippen LogP contribution >= 0.6 is 12.2 Å². The number of amides is 1. The summed E-state index contributed by atoms with van der Waals surface area (Å²) in [5.41, 5.74) is 4.64. The van der Waals surface area contributed by atoms with Gasteiger partial charge in [-0.1, -0.05) is 12.1 Å². The predicted octanol–water partition coefficient (Wildman–Crippen LogP) is -0.416. The van der Waals surface area contributed by atoms with E-state index in [1.54, 1.807) is 6.07 Å². The molecule has 0 bridgehead atoms. The lowest BCUT2D eigenvalue weighted by atomic mass is 9.97. The van der Waals surface area contributed by atoms with Crippen LogP contribution in [0.3, 0.4) is 0 Å². The number of thiocarbonyl (C=S) groups is 1. The van der Waals surface area contributed by atoms with Crippen molar-refractivity contribution in [3.63, 3.8) is 0 Å². The van der Waals surface area contributed by atoms with Gasteiger partial charge in [-0.3, -0.25) is 34.8 Å². The Bertz CT molecular complexity index is 1050. The van der Waals surface area contributed by atoms with E-state index in [1.807, 2.05) is 0 Å². The highest BCUT2D eigenvalue weighted by Crippen LogP contribution is 2.28. The minimum absolute atomic E-state index is 0.0369. The van der Waals surface area contributed by atoms with Crippen molar-refractivity contribution in [1.82, 2.24) is 16.2 Å².